The Morgan fingerprint density at radius 1 is 1.38 bits per heavy atom. The van der Waals surface area contributed by atoms with Gasteiger partial charge in [0.1, 0.15) is 0 Å². The third-order valence-corrected chi connectivity index (χ3v) is 5.55. The molecular weight excluding hydrogens is 298 g/mol. The van der Waals surface area contributed by atoms with Gasteiger partial charge in [0.25, 0.3) is 5.69 Å². The molecule has 1 saturated heterocycles. The summed E-state index contributed by atoms with van der Waals surface area (Å²) in [6, 6.07) is 5.66. The van der Waals surface area contributed by atoms with E-state index in [-0.39, 0.29) is 23.6 Å². The molecule has 114 valence electrons. The second kappa shape index (κ2) is 5.80. The number of non-ortho nitro benzene ring substituents is 1. The van der Waals surface area contributed by atoms with Gasteiger partial charge in [-0.3, -0.25) is 14.9 Å². The zero-order valence-corrected chi connectivity index (χ0v) is 12.0. The van der Waals surface area contributed by atoms with E-state index in [2.05, 4.69) is 0 Å². The molecule has 2 atom stereocenters. The van der Waals surface area contributed by atoms with Crippen molar-refractivity contribution >= 4 is 21.5 Å². The minimum absolute atomic E-state index is 0.0295. The van der Waals surface area contributed by atoms with E-state index in [1.54, 1.807) is 0 Å². The third kappa shape index (κ3) is 3.78. The van der Waals surface area contributed by atoms with Crippen LogP contribution in [-0.4, -0.2) is 35.9 Å². The first kappa shape index (κ1) is 15.4. The molecule has 1 aliphatic rings. The molecule has 0 aromatic heterocycles. The smallest absolute Gasteiger partial charge is 0.307 e. The van der Waals surface area contributed by atoms with Crippen LogP contribution in [0.5, 0.6) is 0 Å². The van der Waals surface area contributed by atoms with Gasteiger partial charge in [-0.25, -0.2) is 8.42 Å². The molecule has 2 rings (SSSR count). The molecule has 0 amide bonds. The number of aliphatic carboxylic acids is 1. The quantitative estimate of drug-likeness (QED) is 0.646. The molecule has 1 aliphatic heterocycles. The Morgan fingerprint density at radius 2 is 2.00 bits per heavy atom. The van der Waals surface area contributed by atoms with E-state index in [1.807, 2.05) is 0 Å². The van der Waals surface area contributed by atoms with Gasteiger partial charge >= 0.3 is 5.97 Å². The molecule has 0 bridgehead atoms. The molecule has 2 unspecified atom stereocenters. The summed E-state index contributed by atoms with van der Waals surface area (Å²) in [5, 5.41) is 19.9. The van der Waals surface area contributed by atoms with E-state index >= 15 is 0 Å². The molecule has 1 aromatic rings. The minimum Gasteiger partial charge on any atom is -0.481 e. The van der Waals surface area contributed by atoms with E-state index in [0.29, 0.717) is 12.0 Å². The number of hydrogen-bond donors (Lipinski definition) is 1. The number of benzene rings is 1. The van der Waals surface area contributed by atoms with Crippen LogP contribution in [0.15, 0.2) is 24.3 Å². The van der Waals surface area contributed by atoms with Crippen LogP contribution in [-0.2, 0) is 21.1 Å². The fourth-order valence-electron chi connectivity index (χ4n) is 2.60. The summed E-state index contributed by atoms with van der Waals surface area (Å²) >= 11 is 0. The number of nitrogens with zero attached hydrogens (tertiary/aromatic N) is 1. The Kier molecular flexibility index (Phi) is 4.26. The molecule has 1 fully saturated rings. The number of hydrogen-bond acceptors (Lipinski definition) is 5. The number of nitro benzene ring substituents is 1. The van der Waals surface area contributed by atoms with Gasteiger partial charge in [-0.1, -0.05) is 12.1 Å². The summed E-state index contributed by atoms with van der Waals surface area (Å²) in [6.45, 7) is 0. The van der Waals surface area contributed by atoms with Gasteiger partial charge in [0, 0.05) is 12.1 Å². The second-order valence-corrected chi connectivity index (χ2v) is 7.46. The lowest BCUT2D eigenvalue weighted by molar-refractivity contribution is -0.384. The summed E-state index contributed by atoms with van der Waals surface area (Å²) in [5.41, 5.74) is 0.589. The third-order valence-electron chi connectivity index (χ3n) is 3.76. The summed E-state index contributed by atoms with van der Waals surface area (Å²) in [4.78, 5) is 21.4. The number of sulfone groups is 1. The monoisotopic (exact) mass is 313 g/mol. The summed E-state index contributed by atoms with van der Waals surface area (Å²) < 4.78 is 22.9. The molecule has 0 saturated carbocycles. The highest BCUT2D eigenvalue weighted by Crippen LogP contribution is 2.29. The number of nitro groups is 1. The maximum Gasteiger partial charge on any atom is 0.307 e. The Bertz CT molecular complexity index is 652. The Labute approximate surface area is 121 Å². The Balaban J connectivity index is 2.13. The van der Waals surface area contributed by atoms with Crippen molar-refractivity contribution in [2.24, 2.45) is 11.8 Å². The maximum atomic E-state index is 11.5. The molecule has 21 heavy (non-hydrogen) atoms. The highest BCUT2D eigenvalue weighted by molar-refractivity contribution is 7.91. The van der Waals surface area contributed by atoms with Crippen molar-refractivity contribution in [1.82, 2.24) is 0 Å². The number of carbonyl (C=O) groups is 1. The van der Waals surface area contributed by atoms with Crippen molar-refractivity contribution in [1.29, 1.82) is 0 Å². The predicted octanol–water partition coefficient (Wildman–Crippen LogP) is 1.27. The van der Waals surface area contributed by atoms with Crippen LogP contribution in [0.2, 0.25) is 0 Å². The molecule has 1 aromatic carbocycles. The van der Waals surface area contributed by atoms with E-state index in [0.717, 1.165) is 0 Å². The zero-order chi connectivity index (χ0) is 15.6. The molecule has 1 heterocycles. The summed E-state index contributed by atoms with van der Waals surface area (Å²) in [5.74, 6) is -2.29. The van der Waals surface area contributed by atoms with Gasteiger partial charge in [0.15, 0.2) is 9.84 Å². The zero-order valence-electron chi connectivity index (χ0n) is 11.1. The topological polar surface area (TPSA) is 115 Å². The van der Waals surface area contributed by atoms with Crippen LogP contribution >= 0.6 is 0 Å². The van der Waals surface area contributed by atoms with Crippen LogP contribution in [0.3, 0.4) is 0 Å². The number of carboxylic acids is 1. The highest BCUT2D eigenvalue weighted by Gasteiger charge is 2.37. The number of carboxylic acid groups (broad SMARTS) is 1. The standard InChI is InChI=1S/C13H15NO6S/c15-13(16)12(10-5-6-21(19,20)8-10)7-9-1-3-11(4-2-9)14(17)18/h1-4,10,12H,5-8H2,(H,15,16). The summed E-state index contributed by atoms with van der Waals surface area (Å²) in [6.07, 6.45) is 0.528. The summed E-state index contributed by atoms with van der Waals surface area (Å²) in [7, 11) is -3.14. The van der Waals surface area contributed by atoms with Crippen molar-refractivity contribution in [2.75, 3.05) is 11.5 Å². The SMILES string of the molecule is O=C(O)C(Cc1ccc([N+](=O)[O-])cc1)C1CCS(=O)(=O)C1. The maximum absolute atomic E-state index is 11.5. The first-order valence-electron chi connectivity index (χ1n) is 6.45. The largest absolute Gasteiger partial charge is 0.481 e. The Hall–Kier alpha value is -1.96. The fourth-order valence-corrected chi connectivity index (χ4v) is 4.48. The lowest BCUT2D eigenvalue weighted by Gasteiger charge is -2.18. The molecule has 8 heteroatoms. The fraction of sp³-hybridized carbons (Fsp3) is 0.462. The molecular formula is C13H15NO6S. The van der Waals surface area contributed by atoms with Gasteiger partial charge in [-0.05, 0) is 24.3 Å². The van der Waals surface area contributed by atoms with E-state index in [4.69, 9.17) is 0 Å². The molecule has 7 nitrogen and oxygen atoms in total. The van der Waals surface area contributed by atoms with Crippen molar-refractivity contribution in [3.63, 3.8) is 0 Å². The van der Waals surface area contributed by atoms with Crippen LogP contribution < -0.4 is 0 Å². The molecule has 0 spiro atoms. The van der Waals surface area contributed by atoms with Crippen LogP contribution in [0.4, 0.5) is 5.69 Å². The first-order chi connectivity index (χ1) is 9.78. The van der Waals surface area contributed by atoms with Crippen LogP contribution in [0.1, 0.15) is 12.0 Å². The first-order valence-corrected chi connectivity index (χ1v) is 8.27. The highest BCUT2D eigenvalue weighted by atomic mass is 32.2. The van der Waals surface area contributed by atoms with Crippen molar-refractivity contribution in [3.8, 4) is 0 Å². The van der Waals surface area contributed by atoms with E-state index < -0.39 is 32.6 Å². The van der Waals surface area contributed by atoms with Gasteiger partial charge in [0.2, 0.25) is 0 Å². The van der Waals surface area contributed by atoms with Crippen molar-refractivity contribution in [2.45, 2.75) is 12.8 Å². The normalized spacial score (nSPS) is 21.8. The molecule has 1 N–H and O–H groups in total. The lowest BCUT2D eigenvalue weighted by atomic mass is 9.86. The van der Waals surface area contributed by atoms with Crippen LogP contribution in [0, 0.1) is 22.0 Å². The predicted molar refractivity (Wildman–Crippen MR) is 74.7 cm³/mol. The minimum atomic E-state index is -3.14. The second-order valence-electron chi connectivity index (χ2n) is 5.24. The average molecular weight is 313 g/mol. The average Bonchev–Trinajstić information content (AvgIpc) is 2.76. The van der Waals surface area contributed by atoms with E-state index in [1.165, 1.54) is 24.3 Å². The van der Waals surface area contributed by atoms with Gasteiger partial charge in [0.05, 0.1) is 22.3 Å². The van der Waals surface area contributed by atoms with Crippen molar-refractivity contribution < 1.29 is 23.2 Å². The van der Waals surface area contributed by atoms with Crippen molar-refractivity contribution in [3.05, 3.63) is 39.9 Å². The Morgan fingerprint density at radius 3 is 2.43 bits per heavy atom. The van der Waals surface area contributed by atoms with Gasteiger partial charge < -0.3 is 5.11 Å². The molecule has 0 aliphatic carbocycles. The molecule has 0 radical (unpaired) electrons. The van der Waals surface area contributed by atoms with Crippen LogP contribution in [0.25, 0.3) is 0 Å². The number of rotatable bonds is 5. The van der Waals surface area contributed by atoms with Gasteiger partial charge in [-0.2, -0.15) is 0 Å². The lowest BCUT2D eigenvalue weighted by Crippen LogP contribution is -2.26. The van der Waals surface area contributed by atoms with E-state index in [9.17, 15) is 28.4 Å². The van der Waals surface area contributed by atoms with Gasteiger partial charge in [-0.15, -0.1) is 0 Å².